The van der Waals surface area contributed by atoms with E-state index in [-0.39, 0.29) is 17.1 Å². The Balaban J connectivity index is 1.63. The van der Waals surface area contributed by atoms with E-state index in [9.17, 15) is 10.2 Å². The minimum absolute atomic E-state index is 0.0792. The molecule has 1 saturated carbocycles. The highest BCUT2D eigenvalue weighted by molar-refractivity contribution is 5.50. The summed E-state index contributed by atoms with van der Waals surface area (Å²) in [6.07, 6.45) is 12.5. The zero-order chi connectivity index (χ0) is 17.6. The molecule has 0 amide bonds. The van der Waals surface area contributed by atoms with Crippen molar-refractivity contribution in [1.82, 2.24) is 4.90 Å². The number of likely N-dealkylation sites (N-methyl/N-ethyl adjacent to an activating group) is 1. The molecule has 3 aliphatic carbocycles. The van der Waals surface area contributed by atoms with E-state index >= 15 is 0 Å². The van der Waals surface area contributed by atoms with Crippen LogP contribution in [-0.4, -0.2) is 58.7 Å². The average Bonchev–Trinajstić information content (AvgIpc) is 3.11. The zero-order valence-corrected chi connectivity index (χ0v) is 15.4. The SMILES string of the molecule is CN(C)[C@H]1C[C@@]23CC[C@@]4(O2)C(=CC[C@]2(C)C=CC[C@H]24)C=C3[C@@H](O)[C@@H]1O. The smallest absolute Gasteiger partial charge is 0.105 e. The molecule has 5 aliphatic rings. The summed E-state index contributed by atoms with van der Waals surface area (Å²) in [7, 11) is 3.95. The summed E-state index contributed by atoms with van der Waals surface area (Å²) in [6.45, 7) is 2.36. The first kappa shape index (κ1) is 16.2. The highest BCUT2D eigenvalue weighted by Gasteiger charge is 2.66. The quantitative estimate of drug-likeness (QED) is 0.717. The molecular formula is C21H29NO3. The molecule has 2 heterocycles. The van der Waals surface area contributed by atoms with Gasteiger partial charge in [-0.05, 0) is 62.8 Å². The Kier molecular flexibility index (Phi) is 3.16. The van der Waals surface area contributed by atoms with Crippen molar-refractivity contribution in [2.45, 2.75) is 68.5 Å². The van der Waals surface area contributed by atoms with Gasteiger partial charge in [0.1, 0.15) is 6.10 Å². The second-order valence-corrected chi connectivity index (χ2v) is 9.32. The van der Waals surface area contributed by atoms with E-state index in [0.29, 0.717) is 5.92 Å². The third-order valence-corrected chi connectivity index (χ3v) is 7.83. The van der Waals surface area contributed by atoms with Gasteiger partial charge < -0.3 is 19.8 Å². The van der Waals surface area contributed by atoms with Gasteiger partial charge in [0.05, 0.1) is 17.3 Å². The van der Waals surface area contributed by atoms with E-state index in [1.807, 2.05) is 19.0 Å². The molecule has 5 rings (SSSR count). The van der Waals surface area contributed by atoms with Crippen LogP contribution in [0.1, 0.15) is 39.0 Å². The lowest BCUT2D eigenvalue weighted by Gasteiger charge is -2.55. The molecule has 2 bridgehead atoms. The van der Waals surface area contributed by atoms with Crippen molar-refractivity contribution < 1.29 is 14.9 Å². The summed E-state index contributed by atoms with van der Waals surface area (Å²) in [4.78, 5) is 2.03. The van der Waals surface area contributed by atoms with Gasteiger partial charge in [-0.1, -0.05) is 31.2 Å². The minimum Gasteiger partial charge on any atom is -0.388 e. The topological polar surface area (TPSA) is 52.9 Å². The van der Waals surface area contributed by atoms with Crippen LogP contribution in [0.3, 0.4) is 0 Å². The molecule has 136 valence electrons. The third-order valence-electron chi connectivity index (χ3n) is 7.83. The van der Waals surface area contributed by atoms with Crippen molar-refractivity contribution in [2.24, 2.45) is 11.3 Å². The van der Waals surface area contributed by atoms with Crippen LogP contribution in [0.4, 0.5) is 0 Å². The molecule has 25 heavy (non-hydrogen) atoms. The normalized spacial score (nSPS) is 53.2. The highest BCUT2D eigenvalue weighted by Crippen LogP contribution is 2.65. The minimum atomic E-state index is -0.840. The molecule has 0 unspecified atom stereocenters. The first-order chi connectivity index (χ1) is 11.8. The summed E-state index contributed by atoms with van der Waals surface area (Å²) < 4.78 is 6.98. The fraction of sp³-hybridized carbons (Fsp3) is 0.714. The van der Waals surface area contributed by atoms with Crippen LogP contribution < -0.4 is 0 Å². The Morgan fingerprint density at radius 3 is 2.80 bits per heavy atom. The van der Waals surface area contributed by atoms with Gasteiger partial charge in [0.15, 0.2) is 0 Å². The van der Waals surface area contributed by atoms with E-state index in [1.165, 1.54) is 5.57 Å². The van der Waals surface area contributed by atoms with Crippen molar-refractivity contribution in [3.05, 3.63) is 35.5 Å². The van der Waals surface area contributed by atoms with E-state index in [4.69, 9.17) is 4.74 Å². The summed E-state index contributed by atoms with van der Waals surface area (Å²) in [5.74, 6) is 0.485. The van der Waals surface area contributed by atoms with Gasteiger partial charge in [-0.25, -0.2) is 0 Å². The molecule has 4 nitrogen and oxygen atoms in total. The monoisotopic (exact) mass is 343 g/mol. The maximum Gasteiger partial charge on any atom is 0.105 e. The number of rotatable bonds is 1. The molecule has 0 aromatic heterocycles. The van der Waals surface area contributed by atoms with Crippen molar-refractivity contribution >= 4 is 0 Å². The first-order valence-electron chi connectivity index (χ1n) is 9.65. The lowest BCUT2D eigenvalue weighted by atomic mass is 9.61. The van der Waals surface area contributed by atoms with Gasteiger partial charge in [0, 0.05) is 12.0 Å². The lowest BCUT2D eigenvalue weighted by molar-refractivity contribution is -0.162. The standard InChI is InChI=1S/C21H29NO3/c1-19-7-4-5-16(19)21-10-9-20(25-21)12-15(22(2)3)18(24)17(23)14(20)11-13(21)6-8-19/h4,6-7,11,15-18,23-24H,5,8-10,12H2,1-3H3/t15-,16+,17+,18+,19-,20+,21+/m0/s1. The number of ether oxygens (including phenoxy) is 1. The Hall–Kier alpha value is -0.940. The first-order valence-corrected chi connectivity index (χ1v) is 9.65. The maximum absolute atomic E-state index is 10.9. The summed E-state index contributed by atoms with van der Waals surface area (Å²) >= 11 is 0. The molecule has 7 atom stereocenters. The third kappa shape index (κ3) is 1.86. The van der Waals surface area contributed by atoms with E-state index < -0.39 is 17.8 Å². The fourth-order valence-corrected chi connectivity index (χ4v) is 6.42. The second kappa shape index (κ2) is 4.86. The van der Waals surface area contributed by atoms with Crippen molar-refractivity contribution in [2.75, 3.05) is 14.1 Å². The van der Waals surface area contributed by atoms with Crippen LogP contribution in [0.5, 0.6) is 0 Å². The Morgan fingerprint density at radius 2 is 2.04 bits per heavy atom. The number of allylic oxidation sites excluding steroid dienone is 3. The molecule has 4 heteroatoms. The Morgan fingerprint density at radius 1 is 1.24 bits per heavy atom. The molecule has 2 spiro atoms. The number of hydrogen-bond acceptors (Lipinski definition) is 4. The molecule has 2 N–H and O–H groups in total. The summed E-state index contributed by atoms with van der Waals surface area (Å²) in [5, 5.41) is 21.5. The Labute approximate surface area is 149 Å². The molecule has 2 aliphatic heterocycles. The van der Waals surface area contributed by atoms with Gasteiger partial charge in [-0.2, -0.15) is 0 Å². The number of aliphatic hydroxyl groups excluding tert-OH is 2. The molecular weight excluding hydrogens is 314 g/mol. The van der Waals surface area contributed by atoms with E-state index in [0.717, 1.165) is 37.7 Å². The average molecular weight is 343 g/mol. The molecule has 0 aromatic rings. The van der Waals surface area contributed by atoms with Crippen LogP contribution in [0.15, 0.2) is 35.5 Å². The molecule has 0 radical (unpaired) electrons. The van der Waals surface area contributed by atoms with Crippen molar-refractivity contribution in [3.63, 3.8) is 0 Å². The lowest BCUT2D eigenvalue weighted by Crippen LogP contribution is -2.61. The van der Waals surface area contributed by atoms with Crippen LogP contribution in [0.25, 0.3) is 0 Å². The van der Waals surface area contributed by atoms with Crippen LogP contribution in [0, 0.1) is 11.3 Å². The predicted octanol–water partition coefficient (Wildman–Crippen LogP) is 2.18. The number of fused-ring (bicyclic) bond motifs is 1. The van der Waals surface area contributed by atoms with E-state index in [2.05, 4.69) is 31.2 Å². The Bertz CT molecular complexity index is 710. The van der Waals surface area contributed by atoms with Gasteiger partial charge in [-0.15, -0.1) is 0 Å². The largest absolute Gasteiger partial charge is 0.388 e. The van der Waals surface area contributed by atoms with Gasteiger partial charge in [0.2, 0.25) is 0 Å². The van der Waals surface area contributed by atoms with E-state index in [1.54, 1.807) is 0 Å². The van der Waals surface area contributed by atoms with Crippen LogP contribution in [0.2, 0.25) is 0 Å². The van der Waals surface area contributed by atoms with Gasteiger partial charge in [-0.3, -0.25) is 0 Å². The van der Waals surface area contributed by atoms with Gasteiger partial charge >= 0.3 is 0 Å². The highest BCUT2D eigenvalue weighted by atomic mass is 16.5. The predicted molar refractivity (Wildman–Crippen MR) is 96.0 cm³/mol. The van der Waals surface area contributed by atoms with Crippen molar-refractivity contribution in [3.8, 4) is 0 Å². The summed E-state index contributed by atoms with van der Waals surface area (Å²) in [5.41, 5.74) is 1.72. The second-order valence-electron chi connectivity index (χ2n) is 9.32. The van der Waals surface area contributed by atoms with Crippen molar-refractivity contribution in [1.29, 1.82) is 0 Å². The number of aliphatic hydroxyl groups is 2. The van der Waals surface area contributed by atoms with Crippen LogP contribution in [-0.2, 0) is 4.74 Å². The maximum atomic E-state index is 10.9. The number of hydrogen-bond donors (Lipinski definition) is 2. The molecule has 1 saturated heterocycles. The van der Waals surface area contributed by atoms with Crippen LogP contribution >= 0.6 is 0 Å². The molecule has 2 fully saturated rings. The zero-order valence-electron chi connectivity index (χ0n) is 15.4. The fourth-order valence-electron chi connectivity index (χ4n) is 6.42. The number of nitrogens with zero attached hydrogens (tertiary/aromatic N) is 1. The summed E-state index contributed by atoms with van der Waals surface area (Å²) in [6, 6.07) is -0.0792. The molecule has 0 aromatic carbocycles. The van der Waals surface area contributed by atoms with Gasteiger partial charge in [0.25, 0.3) is 0 Å².